The van der Waals surface area contributed by atoms with Crippen LogP contribution in [0.1, 0.15) is 31.0 Å². The Morgan fingerprint density at radius 1 is 1.23 bits per heavy atom. The van der Waals surface area contributed by atoms with E-state index in [1.807, 2.05) is 12.1 Å². The zero-order valence-corrected chi connectivity index (χ0v) is 18.8. The Kier molecular flexibility index (Phi) is 6.26. The summed E-state index contributed by atoms with van der Waals surface area (Å²) in [6.07, 6.45) is 6.67. The number of aryl methyl sites for hydroxylation is 1. The van der Waals surface area contributed by atoms with Crippen molar-refractivity contribution in [3.05, 3.63) is 68.9 Å². The Labute approximate surface area is 174 Å². The Hall–Kier alpha value is -1.10. The summed E-state index contributed by atoms with van der Waals surface area (Å²) in [4.78, 5) is 3.34. The minimum atomic E-state index is 0.474. The first-order valence-corrected chi connectivity index (χ1v) is 10.7. The summed E-state index contributed by atoms with van der Waals surface area (Å²) in [5, 5.41) is 2.06. The Morgan fingerprint density at radius 2 is 2.00 bits per heavy atom. The summed E-state index contributed by atoms with van der Waals surface area (Å²) in [7, 11) is 2.10. The van der Waals surface area contributed by atoms with E-state index in [1.54, 1.807) is 11.8 Å². The van der Waals surface area contributed by atoms with Crippen molar-refractivity contribution < 1.29 is 0 Å². The number of hydrogen-bond acceptors (Lipinski definition) is 2. The molecule has 3 rings (SSSR count). The van der Waals surface area contributed by atoms with Gasteiger partial charge in [0.25, 0.3) is 0 Å². The molecule has 2 aromatic rings. The van der Waals surface area contributed by atoms with E-state index in [0.717, 1.165) is 27.5 Å². The maximum atomic E-state index is 6.26. The minimum absolute atomic E-state index is 0.474. The Balaban J connectivity index is 1.97. The van der Waals surface area contributed by atoms with Gasteiger partial charge in [-0.15, -0.1) is 0 Å². The molecule has 2 heterocycles. The molecule has 138 valence electrons. The van der Waals surface area contributed by atoms with E-state index >= 15 is 0 Å². The third kappa shape index (κ3) is 4.59. The summed E-state index contributed by atoms with van der Waals surface area (Å²) in [6.45, 7) is 8.57. The molecule has 5 heteroatoms. The molecule has 1 aliphatic rings. The molecule has 0 bridgehead atoms. The Morgan fingerprint density at radius 3 is 2.62 bits per heavy atom. The van der Waals surface area contributed by atoms with E-state index < -0.39 is 0 Å². The van der Waals surface area contributed by atoms with Gasteiger partial charge in [0.15, 0.2) is 0 Å². The molecule has 1 aliphatic heterocycles. The summed E-state index contributed by atoms with van der Waals surface area (Å²) in [6, 6.07) is 8.41. The number of aromatic nitrogens is 1. The normalized spacial score (nSPS) is 14.3. The standard InChI is InChI=1S/C21H24BrClN2S/c1-14(2)20-9-15(3)25(13-16-5-7-24(4)8-6-16)21(20)26-19-11-17(22)10-18(23)12-19/h5-7,9-12,14H,8,13H2,1-4H3. The largest absolute Gasteiger partial charge is 0.377 e. The van der Waals surface area contributed by atoms with Crippen molar-refractivity contribution in [1.29, 1.82) is 0 Å². The molecule has 0 aliphatic carbocycles. The third-order valence-corrected chi connectivity index (χ3v) is 6.28. The number of hydrogen-bond donors (Lipinski definition) is 0. The molecule has 0 atom stereocenters. The molecule has 0 amide bonds. The second-order valence-electron chi connectivity index (χ2n) is 7.03. The van der Waals surface area contributed by atoms with Gasteiger partial charge in [0, 0.05) is 40.2 Å². The maximum absolute atomic E-state index is 6.26. The molecule has 1 aromatic heterocycles. The predicted octanol–water partition coefficient (Wildman–Crippen LogP) is 6.87. The fourth-order valence-electron chi connectivity index (χ4n) is 3.02. The van der Waals surface area contributed by atoms with Crippen molar-refractivity contribution in [1.82, 2.24) is 9.47 Å². The lowest BCUT2D eigenvalue weighted by molar-refractivity contribution is 0.498. The SMILES string of the molecule is Cc1cc(C(C)C)c(Sc2cc(Cl)cc(Br)c2)n1CC1=CCN(C)C=C1. The third-order valence-electron chi connectivity index (χ3n) is 4.48. The van der Waals surface area contributed by atoms with Crippen molar-refractivity contribution in [2.24, 2.45) is 0 Å². The highest BCUT2D eigenvalue weighted by atomic mass is 79.9. The minimum Gasteiger partial charge on any atom is -0.377 e. The number of halogens is 2. The highest BCUT2D eigenvalue weighted by Crippen LogP contribution is 2.38. The lowest BCUT2D eigenvalue weighted by Crippen LogP contribution is -2.15. The topological polar surface area (TPSA) is 8.17 Å². The van der Waals surface area contributed by atoms with Gasteiger partial charge in [-0.05, 0) is 60.5 Å². The molecule has 1 aromatic carbocycles. The number of rotatable bonds is 5. The molecular weight excluding hydrogens is 428 g/mol. The number of benzene rings is 1. The van der Waals surface area contributed by atoms with Crippen molar-refractivity contribution in [3.63, 3.8) is 0 Å². The molecule has 0 spiro atoms. The fraction of sp³-hybridized carbons (Fsp3) is 0.333. The van der Waals surface area contributed by atoms with E-state index in [9.17, 15) is 0 Å². The lowest BCUT2D eigenvalue weighted by atomic mass is 10.1. The van der Waals surface area contributed by atoms with Gasteiger partial charge in [-0.3, -0.25) is 0 Å². The molecule has 0 saturated carbocycles. The Bertz CT molecular complexity index is 847. The van der Waals surface area contributed by atoms with Crippen molar-refractivity contribution in [3.8, 4) is 0 Å². The fourth-order valence-corrected chi connectivity index (χ4v) is 5.42. The van der Waals surface area contributed by atoms with E-state index in [1.165, 1.54) is 21.9 Å². The van der Waals surface area contributed by atoms with Crippen molar-refractivity contribution in [2.75, 3.05) is 13.6 Å². The first-order chi connectivity index (χ1) is 12.3. The summed E-state index contributed by atoms with van der Waals surface area (Å²) in [5.74, 6) is 0.474. The van der Waals surface area contributed by atoms with Crippen LogP contribution >= 0.6 is 39.3 Å². The highest BCUT2D eigenvalue weighted by Gasteiger charge is 2.18. The van der Waals surface area contributed by atoms with Crippen LogP contribution in [-0.2, 0) is 6.54 Å². The van der Waals surface area contributed by atoms with E-state index in [0.29, 0.717) is 5.92 Å². The lowest BCUT2D eigenvalue weighted by Gasteiger charge is -2.20. The molecule has 0 saturated heterocycles. The van der Waals surface area contributed by atoms with Gasteiger partial charge in [-0.1, -0.05) is 59.2 Å². The zero-order chi connectivity index (χ0) is 18.8. The van der Waals surface area contributed by atoms with Crippen molar-refractivity contribution in [2.45, 2.75) is 43.2 Å². The predicted molar refractivity (Wildman–Crippen MR) is 116 cm³/mol. The summed E-state index contributed by atoms with van der Waals surface area (Å²) in [5.41, 5.74) is 4.04. The molecular formula is C21H24BrClN2S. The molecule has 2 nitrogen and oxygen atoms in total. The van der Waals surface area contributed by atoms with Crippen LogP contribution < -0.4 is 0 Å². The first-order valence-electron chi connectivity index (χ1n) is 8.75. The highest BCUT2D eigenvalue weighted by molar-refractivity contribution is 9.10. The van der Waals surface area contributed by atoms with Crippen LogP contribution in [0.3, 0.4) is 0 Å². The van der Waals surface area contributed by atoms with Crippen LogP contribution in [0.2, 0.25) is 5.02 Å². The van der Waals surface area contributed by atoms with Crippen LogP contribution in [0.5, 0.6) is 0 Å². The zero-order valence-electron chi connectivity index (χ0n) is 15.6. The average Bonchev–Trinajstić information content (AvgIpc) is 2.85. The van der Waals surface area contributed by atoms with Crippen LogP contribution in [0.4, 0.5) is 0 Å². The monoisotopic (exact) mass is 450 g/mol. The quantitative estimate of drug-likeness (QED) is 0.490. The van der Waals surface area contributed by atoms with Crippen LogP contribution in [0.25, 0.3) is 0 Å². The van der Waals surface area contributed by atoms with Gasteiger partial charge in [-0.25, -0.2) is 0 Å². The van der Waals surface area contributed by atoms with Gasteiger partial charge >= 0.3 is 0 Å². The second-order valence-corrected chi connectivity index (χ2v) is 9.44. The van der Waals surface area contributed by atoms with Crippen LogP contribution in [-0.4, -0.2) is 23.1 Å². The van der Waals surface area contributed by atoms with Crippen LogP contribution in [0.15, 0.2) is 62.6 Å². The van der Waals surface area contributed by atoms with Gasteiger partial charge in [0.2, 0.25) is 0 Å². The van der Waals surface area contributed by atoms with E-state index in [4.69, 9.17) is 11.6 Å². The number of nitrogens with zero attached hydrogens (tertiary/aromatic N) is 2. The van der Waals surface area contributed by atoms with Crippen molar-refractivity contribution >= 4 is 39.3 Å². The van der Waals surface area contributed by atoms with Gasteiger partial charge in [0.1, 0.15) is 0 Å². The molecule has 0 radical (unpaired) electrons. The van der Waals surface area contributed by atoms with Gasteiger partial charge in [0.05, 0.1) is 5.03 Å². The molecule has 26 heavy (non-hydrogen) atoms. The second kappa shape index (κ2) is 8.28. The van der Waals surface area contributed by atoms with Gasteiger partial charge in [-0.2, -0.15) is 0 Å². The molecule has 0 fully saturated rings. The van der Waals surface area contributed by atoms with Gasteiger partial charge < -0.3 is 9.47 Å². The van der Waals surface area contributed by atoms with E-state index in [-0.39, 0.29) is 0 Å². The summed E-state index contributed by atoms with van der Waals surface area (Å²) < 4.78 is 3.44. The van der Waals surface area contributed by atoms with Crippen LogP contribution in [0, 0.1) is 6.92 Å². The number of likely N-dealkylation sites (N-methyl/N-ethyl adjacent to an activating group) is 1. The molecule has 0 N–H and O–H groups in total. The summed E-state index contributed by atoms with van der Waals surface area (Å²) >= 11 is 11.6. The first kappa shape index (κ1) is 19.7. The maximum Gasteiger partial charge on any atom is 0.0836 e. The molecule has 0 unspecified atom stereocenters. The smallest absolute Gasteiger partial charge is 0.0836 e. The average molecular weight is 452 g/mol. The number of allylic oxidation sites excluding steroid dienone is 2. The van der Waals surface area contributed by atoms with E-state index in [2.05, 4.69) is 83.7 Å².